The molecule has 0 spiro atoms. The van der Waals surface area contributed by atoms with Crippen molar-refractivity contribution in [3.05, 3.63) is 46.2 Å². The van der Waals surface area contributed by atoms with Gasteiger partial charge in [-0.1, -0.05) is 12.1 Å². The molecule has 2 rings (SSSR count). The van der Waals surface area contributed by atoms with Crippen LogP contribution in [0, 0.1) is 6.92 Å². The lowest BCUT2D eigenvalue weighted by Gasteiger charge is -2.15. The molecule has 1 atom stereocenters. The van der Waals surface area contributed by atoms with Crippen LogP contribution >= 0.6 is 11.3 Å². The van der Waals surface area contributed by atoms with Crippen molar-refractivity contribution in [2.24, 2.45) is 0 Å². The lowest BCUT2D eigenvalue weighted by Crippen LogP contribution is -2.30. The molecule has 0 saturated heterocycles. The zero-order chi connectivity index (χ0) is 19.1. The third-order valence-electron chi connectivity index (χ3n) is 3.61. The van der Waals surface area contributed by atoms with Crippen molar-refractivity contribution in [2.75, 3.05) is 12.4 Å². The minimum atomic E-state index is -0.980. The summed E-state index contributed by atoms with van der Waals surface area (Å²) in [5.74, 6) is -0.653. The van der Waals surface area contributed by atoms with Crippen LogP contribution in [0.5, 0.6) is 5.75 Å². The first-order chi connectivity index (χ1) is 12.4. The minimum absolute atomic E-state index is 0.0552. The number of hydrogen-bond acceptors (Lipinski definition) is 6. The molecule has 1 N–H and O–H groups in total. The summed E-state index contributed by atoms with van der Waals surface area (Å²) in [7, 11) is 1.50. The van der Waals surface area contributed by atoms with Crippen LogP contribution in [0.25, 0.3) is 0 Å². The van der Waals surface area contributed by atoms with Crippen LogP contribution in [0.1, 0.15) is 34.3 Å². The summed E-state index contributed by atoms with van der Waals surface area (Å²) in [5.41, 5.74) is 0.492. The molecule has 2 aromatic rings. The van der Waals surface area contributed by atoms with E-state index in [9.17, 15) is 14.4 Å². The average molecular weight is 375 g/mol. The molecule has 1 amide bonds. The van der Waals surface area contributed by atoms with Crippen LogP contribution < -0.4 is 10.1 Å². The molecule has 1 aromatic carbocycles. The second-order valence-electron chi connectivity index (χ2n) is 5.66. The van der Waals surface area contributed by atoms with E-state index in [1.807, 2.05) is 13.0 Å². The molecule has 7 heteroatoms. The summed E-state index contributed by atoms with van der Waals surface area (Å²) in [6, 6.07) is 10.5. The SMILES string of the molecule is COc1ccccc1NC(=O)[C@H](C)OC(=O)CCC(=O)c1ccc(C)s1. The monoisotopic (exact) mass is 375 g/mol. The van der Waals surface area contributed by atoms with E-state index in [0.717, 1.165) is 4.88 Å². The molecular formula is C19H21NO5S. The van der Waals surface area contributed by atoms with Crippen LogP contribution in [-0.4, -0.2) is 30.9 Å². The standard InChI is InChI=1S/C19H21NO5S/c1-12-8-10-17(26-12)15(21)9-11-18(22)25-13(2)19(23)20-14-6-4-5-7-16(14)24-3/h4-8,10,13H,9,11H2,1-3H3,(H,20,23)/t13-/m0/s1. The molecule has 0 aliphatic heterocycles. The van der Waals surface area contributed by atoms with E-state index in [4.69, 9.17) is 9.47 Å². The number of carbonyl (C=O) groups excluding carboxylic acids is 3. The largest absolute Gasteiger partial charge is 0.495 e. The number of nitrogens with one attached hydrogen (secondary N) is 1. The van der Waals surface area contributed by atoms with E-state index < -0.39 is 18.0 Å². The van der Waals surface area contributed by atoms with Crippen molar-refractivity contribution in [3.8, 4) is 5.75 Å². The van der Waals surface area contributed by atoms with Gasteiger partial charge in [0.1, 0.15) is 5.75 Å². The Labute approximate surface area is 156 Å². The lowest BCUT2D eigenvalue weighted by atomic mass is 10.2. The molecular weight excluding hydrogens is 354 g/mol. The third kappa shape index (κ3) is 5.42. The van der Waals surface area contributed by atoms with Crippen LogP contribution in [-0.2, 0) is 14.3 Å². The zero-order valence-electron chi connectivity index (χ0n) is 14.9. The normalized spacial score (nSPS) is 11.5. The topological polar surface area (TPSA) is 81.7 Å². The number of thiophene rings is 1. The van der Waals surface area contributed by atoms with E-state index in [0.29, 0.717) is 16.3 Å². The molecule has 0 aliphatic rings. The van der Waals surface area contributed by atoms with E-state index in [-0.39, 0.29) is 18.6 Å². The van der Waals surface area contributed by atoms with Crippen LogP contribution in [0.4, 0.5) is 5.69 Å². The van der Waals surface area contributed by atoms with Gasteiger partial charge in [-0.25, -0.2) is 0 Å². The zero-order valence-corrected chi connectivity index (χ0v) is 15.7. The maximum atomic E-state index is 12.2. The first-order valence-corrected chi connectivity index (χ1v) is 8.95. The summed E-state index contributed by atoms with van der Waals surface area (Å²) in [4.78, 5) is 37.7. The Morgan fingerprint density at radius 2 is 1.85 bits per heavy atom. The van der Waals surface area contributed by atoms with Gasteiger partial charge in [0.05, 0.1) is 24.1 Å². The van der Waals surface area contributed by atoms with E-state index in [1.165, 1.54) is 25.4 Å². The van der Waals surface area contributed by atoms with E-state index in [2.05, 4.69) is 5.32 Å². The summed E-state index contributed by atoms with van der Waals surface area (Å²) in [6.45, 7) is 3.39. The van der Waals surface area contributed by atoms with E-state index >= 15 is 0 Å². The van der Waals surface area contributed by atoms with Gasteiger partial charge in [0.25, 0.3) is 5.91 Å². The van der Waals surface area contributed by atoms with Gasteiger partial charge in [0.15, 0.2) is 11.9 Å². The molecule has 0 bridgehead atoms. The molecule has 26 heavy (non-hydrogen) atoms. The summed E-state index contributed by atoms with van der Waals surface area (Å²) < 4.78 is 10.3. The number of anilines is 1. The molecule has 0 saturated carbocycles. The minimum Gasteiger partial charge on any atom is -0.495 e. The number of methoxy groups -OCH3 is 1. The number of rotatable bonds is 8. The Bertz CT molecular complexity index is 799. The van der Waals surface area contributed by atoms with Crippen molar-refractivity contribution in [3.63, 3.8) is 0 Å². The average Bonchev–Trinajstić information content (AvgIpc) is 3.06. The van der Waals surface area contributed by atoms with Crippen LogP contribution in [0.15, 0.2) is 36.4 Å². The fourth-order valence-corrected chi connectivity index (χ4v) is 3.05. The maximum Gasteiger partial charge on any atom is 0.307 e. The Morgan fingerprint density at radius 1 is 1.12 bits per heavy atom. The number of ketones is 1. The van der Waals surface area contributed by atoms with Gasteiger partial charge < -0.3 is 14.8 Å². The molecule has 138 valence electrons. The Hall–Kier alpha value is -2.67. The number of Topliss-reactive ketones (excluding diaryl/α,β-unsaturated/α-hetero) is 1. The lowest BCUT2D eigenvalue weighted by molar-refractivity contribution is -0.153. The molecule has 1 aromatic heterocycles. The molecule has 6 nitrogen and oxygen atoms in total. The predicted molar refractivity (Wildman–Crippen MR) is 99.8 cm³/mol. The molecule has 0 radical (unpaired) electrons. The first-order valence-electron chi connectivity index (χ1n) is 8.13. The van der Waals surface area contributed by atoms with Crippen molar-refractivity contribution >= 4 is 34.7 Å². The van der Waals surface area contributed by atoms with Crippen molar-refractivity contribution < 1.29 is 23.9 Å². The molecule has 0 unspecified atom stereocenters. The Kier molecular flexibility index (Phi) is 6.91. The summed E-state index contributed by atoms with van der Waals surface area (Å²) in [6.07, 6.45) is -0.992. The molecule has 1 heterocycles. The van der Waals surface area contributed by atoms with Gasteiger partial charge in [-0.2, -0.15) is 0 Å². The maximum absolute atomic E-state index is 12.2. The highest BCUT2D eigenvalue weighted by molar-refractivity contribution is 7.14. The number of ether oxygens (including phenoxy) is 2. The number of hydrogen-bond donors (Lipinski definition) is 1. The van der Waals surface area contributed by atoms with Gasteiger partial charge >= 0.3 is 5.97 Å². The highest BCUT2D eigenvalue weighted by Gasteiger charge is 2.20. The number of amides is 1. The highest BCUT2D eigenvalue weighted by Crippen LogP contribution is 2.23. The van der Waals surface area contributed by atoms with Crippen LogP contribution in [0.3, 0.4) is 0 Å². The van der Waals surface area contributed by atoms with Crippen molar-refractivity contribution in [1.82, 2.24) is 0 Å². The highest BCUT2D eigenvalue weighted by atomic mass is 32.1. The Morgan fingerprint density at radius 3 is 2.50 bits per heavy atom. The Balaban J connectivity index is 1.82. The van der Waals surface area contributed by atoms with Gasteiger partial charge in [0, 0.05) is 11.3 Å². The molecule has 0 aliphatic carbocycles. The summed E-state index contributed by atoms with van der Waals surface area (Å²) >= 11 is 1.39. The second-order valence-corrected chi connectivity index (χ2v) is 6.94. The number of esters is 1. The smallest absolute Gasteiger partial charge is 0.307 e. The van der Waals surface area contributed by atoms with Gasteiger partial charge in [-0.05, 0) is 38.1 Å². The van der Waals surface area contributed by atoms with Crippen LogP contribution in [0.2, 0.25) is 0 Å². The first kappa shape index (κ1) is 19.7. The third-order valence-corrected chi connectivity index (χ3v) is 4.66. The number of para-hydroxylation sites is 2. The quantitative estimate of drug-likeness (QED) is 0.563. The predicted octanol–water partition coefficient (Wildman–Crippen LogP) is 3.60. The number of carbonyl (C=O) groups is 3. The number of aryl methyl sites for hydroxylation is 1. The number of benzene rings is 1. The van der Waals surface area contributed by atoms with Gasteiger partial charge in [-0.3, -0.25) is 14.4 Å². The van der Waals surface area contributed by atoms with E-state index in [1.54, 1.807) is 30.3 Å². The fraction of sp³-hybridized carbons (Fsp3) is 0.316. The van der Waals surface area contributed by atoms with Gasteiger partial charge in [0.2, 0.25) is 0 Å². The summed E-state index contributed by atoms with van der Waals surface area (Å²) in [5, 5.41) is 2.65. The molecule has 0 fully saturated rings. The fourth-order valence-electron chi connectivity index (χ4n) is 2.22. The van der Waals surface area contributed by atoms with Crippen molar-refractivity contribution in [2.45, 2.75) is 32.8 Å². The van der Waals surface area contributed by atoms with Crippen molar-refractivity contribution in [1.29, 1.82) is 0 Å². The second kappa shape index (κ2) is 9.15. The van der Waals surface area contributed by atoms with Gasteiger partial charge in [-0.15, -0.1) is 11.3 Å².